The summed E-state index contributed by atoms with van der Waals surface area (Å²) >= 11 is 0. The Morgan fingerprint density at radius 2 is 2.21 bits per heavy atom. The third-order valence-electron chi connectivity index (χ3n) is 3.18. The summed E-state index contributed by atoms with van der Waals surface area (Å²) in [5.41, 5.74) is 0.555. The molecule has 0 unspecified atom stereocenters. The van der Waals surface area contributed by atoms with Gasteiger partial charge in [0, 0.05) is 12.1 Å². The van der Waals surface area contributed by atoms with Gasteiger partial charge < -0.3 is 10.1 Å². The molecule has 5 nitrogen and oxygen atoms in total. The molecular formula is C14H23N3O2. The van der Waals surface area contributed by atoms with Crippen LogP contribution in [-0.4, -0.2) is 28.0 Å². The van der Waals surface area contributed by atoms with Crippen molar-refractivity contribution in [3.63, 3.8) is 0 Å². The largest absolute Gasteiger partial charge is 0.381 e. The molecule has 1 saturated carbocycles. The first-order valence-electron chi connectivity index (χ1n) is 6.92. The summed E-state index contributed by atoms with van der Waals surface area (Å²) in [7, 11) is 0. The highest BCUT2D eigenvalue weighted by atomic mass is 16.5. The van der Waals surface area contributed by atoms with Crippen LogP contribution in [0.5, 0.6) is 0 Å². The fraction of sp³-hybridized carbons (Fsp3) is 0.714. The van der Waals surface area contributed by atoms with Crippen LogP contribution < -0.4 is 10.9 Å². The van der Waals surface area contributed by atoms with E-state index in [0.717, 1.165) is 5.69 Å². The van der Waals surface area contributed by atoms with Gasteiger partial charge in [-0.2, -0.15) is 5.10 Å². The van der Waals surface area contributed by atoms with Crippen molar-refractivity contribution in [1.82, 2.24) is 9.78 Å². The van der Waals surface area contributed by atoms with Crippen molar-refractivity contribution in [2.45, 2.75) is 58.2 Å². The minimum absolute atomic E-state index is 0.0816. The second kappa shape index (κ2) is 5.74. The lowest BCUT2D eigenvalue weighted by Gasteiger charge is -2.27. The highest BCUT2D eigenvalue weighted by molar-refractivity contribution is 5.40. The van der Waals surface area contributed by atoms with E-state index in [2.05, 4.69) is 10.4 Å². The molecule has 0 amide bonds. The number of hydrogen-bond acceptors (Lipinski definition) is 4. The molecule has 5 heteroatoms. The molecule has 0 bridgehead atoms. The molecule has 0 atom stereocenters. The van der Waals surface area contributed by atoms with Crippen molar-refractivity contribution in [3.8, 4) is 0 Å². The normalized spacial score (nSPS) is 16.2. The van der Waals surface area contributed by atoms with E-state index >= 15 is 0 Å². The fourth-order valence-electron chi connectivity index (χ4n) is 1.91. The summed E-state index contributed by atoms with van der Waals surface area (Å²) in [5.74, 6) is 0. The van der Waals surface area contributed by atoms with Crippen molar-refractivity contribution in [1.29, 1.82) is 0 Å². The molecule has 1 aromatic rings. The van der Waals surface area contributed by atoms with Gasteiger partial charge in [-0.1, -0.05) is 0 Å². The second-order valence-corrected chi connectivity index (χ2v) is 6.04. The van der Waals surface area contributed by atoms with Gasteiger partial charge in [-0.05, 0) is 40.0 Å². The minimum Gasteiger partial charge on any atom is -0.381 e. The van der Waals surface area contributed by atoms with Crippen LogP contribution in [0.3, 0.4) is 0 Å². The standard InChI is InChI=1S/C14H23N3O2/c1-14(2,3)19-8-7-17-13(18)9-12(10-15-17)16-11-5-4-6-11/h9-11,16H,4-8H2,1-3H3. The van der Waals surface area contributed by atoms with Gasteiger partial charge in [0.2, 0.25) is 0 Å². The van der Waals surface area contributed by atoms with Crippen LogP contribution in [0.25, 0.3) is 0 Å². The minimum atomic E-state index is -0.185. The van der Waals surface area contributed by atoms with Crippen molar-refractivity contribution in [2.24, 2.45) is 0 Å². The van der Waals surface area contributed by atoms with E-state index in [9.17, 15) is 4.79 Å². The zero-order chi connectivity index (χ0) is 13.9. The van der Waals surface area contributed by atoms with Crippen LogP contribution in [0.4, 0.5) is 5.69 Å². The maximum Gasteiger partial charge on any atom is 0.268 e. The summed E-state index contributed by atoms with van der Waals surface area (Å²) in [4.78, 5) is 11.9. The smallest absolute Gasteiger partial charge is 0.268 e. The number of hydrogen-bond donors (Lipinski definition) is 1. The first-order chi connectivity index (χ1) is 8.94. The predicted octanol–water partition coefficient (Wildman–Crippen LogP) is 2.02. The number of nitrogens with one attached hydrogen (secondary N) is 1. The summed E-state index contributed by atoms with van der Waals surface area (Å²) in [6, 6.07) is 2.13. The average molecular weight is 265 g/mol. The molecule has 106 valence electrons. The van der Waals surface area contributed by atoms with Gasteiger partial charge in [-0.3, -0.25) is 4.79 Å². The summed E-state index contributed by atoms with van der Waals surface area (Å²) in [6.45, 7) is 6.96. The van der Waals surface area contributed by atoms with Crippen LogP contribution in [0.1, 0.15) is 40.0 Å². The zero-order valence-electron chi connectivity index (χ0n) is 12.0. The fourth-order valence-corrected chi connectivity index (χ4v) is 1.91. The number of ether oxygens (including phenoxy) is 1. The molecule has 1 N–H and O–H groups in total. The van der Waals surface area contributed by atoms with Crippen LogP contribution in [0.2, 0.25) is 0 Å². The van der Waals surface area contributed by atoms with E-state index in [1.54, 1.807) is 12.3 Å². The van der Waals surface area contributed by atoms with Crippen LogP contribution >= 0.6 is 0 Å². The van der Waals surface area contributed by atoms with Gasteiger partial charge >= 0.3 is 0 Å². The summed E-state index contributed by atoms with van der Waals surface area (Å²) in [5, 5.41) is 7.49. The molecular weight excluding hydrogens is 242 g/mol. The Kier molecular flexibility index (Phi) is 4.24. The van der Waals surface area contributed by atoms with Crippen LogP contribution in [-0.2, 0) is 11.3 Å². The Balaban J connectivity index is 1.89. The highest BCUT2D eigenvalue weighted by Gasteiger charge is 2.17. The highest BCUT2D eigenvalue weighted by Crippen LogP contribution is 2.21. The summed E-state index contributed by atoms with van der Waals surface area (Å²) < 4.78 is 7.04. The van der Waals surface area contributed by atoms with Crippen molar-refractivity contribution in [3.05, 3.63) is 22.6 Å². The number of aromatic nitrogens is 2. The van der Waals surface area contributed by atoms with Gasteiger partial charge in [0.05, 0.1) is 30.6 Å². The Hall–Kier alpha value is -1.36. The van der Waals surface area contributed by atoms with E-state index < -0.39 is 0 Å². The molecule has 0 aliphatic heterocycles. The molecule has 1 heterocycles. The number of nitrogens with zero attached hydrogens (tertiary/aromatic N) is 2. The van der Waals surface area contributed by atoms with Crippen LogP contribution in [0, 0.1) is 0 Å². The maximum absolute atomic E-state index is 11.9. The molecule has 1 aliphatic carbocycles. The molecule has 0 radical (unpaired) electrons. The van der Waals surface area contributed by atoms with Crippen molar-refractivity contribution >= 4 is 5.69 Å². The van der Waals surface area contributed by atoms with E-state index in [1.165, 1.54) is 23.9 Å². The first-order valence-corrected chi connectivity index (χ1v) is 6.92. The lowest BCUT2D eigenvalue weighted by Crippen LogP contribution is -2.30. The van der Waals surface area contributed by atoms with E-state index in [0.29, 0.717) is 19.2 Å². The van der Waals surface area contributed by atoms with Crippen molar-refractivity contribution in [2.75, 3.05) is 11.9 Å². The number of rotatable bonds is 5. The average Bonchev–Trinajstić information content (AvgIpc) is 2.25. The molecule has 1 aromatic heterocycles. The molecule has 0 aromatic carbocycles. The van der Waals surface area contributed by atoms with Gasteiger partial charge in [-0.15, -0.1) is 0 Å². The van der Waals surface area contributed by atoms with E-state index in [1.807, 2.05) is 20.8 Å². The Morgan fingerprint density at radius 3 is 2.74 bits per heavy atom. The lowest BCUT2D eigenvalue weighted by atomic mass is 9.93. The maximum atomic E-state index is 11.9. The van der Waals surface area contributed by atoms with E-state index in [-0.39, 0.29) is 11.2 Å². The topological polar surface area (TPSA) is 56.1 Å². The molecule has 0 saturated heterocycles. The number of anilines is 1. The monoisotopic (exact) mass is 265 g/mol. The molecule has 0 spiro atoms. The van der Waals surface area contributed by atoms with Crippen molar-refractivity contribution < 1.29 is 4.74 Å². The van der Waals surface area contributed by atoms with E-state index in [4.69, 9.17) is 4.74 Å². The molecule has 19 heavy (non-hydrogen) atoms. The van der Waals surface area contributed by atoms with Gasteiger partial charge in [0.25, 0.3) is 5.56 Å². The molecule has 2 rings (SSSR count). The molecule has 1 aliphatic rings. The second-order valence-electron chi connectivity index (χ2n) is 6.04. The third-order valence-corrected chi connectivity index (χ3v) is 3.18. The SMILES string of the molecule is CC(C)(C)OCCn1ncc(NC2CCC2)cc1=O. The van der Waals surface area contributed by atoms with Gasteiger partial charge in [0.1, 0.15) is 0 Å². The summed E-state index contributed by atoms with van der Waals surface area (Å²) in [6.07, 6.45) is 5.36. The first kappa shape index (κ1) is 14.1. The predicted molar refractivity (Wildman–Crippen MR) is 75.5 cm³/mol. The van der Waals surface area contributed by atoms with Gasteiger partial charge in [0.15, 0.2) is 0 Å². The quantitative estimate of drug-likeness (QED) is 0.885. The third kappa shape index (κ3) is 4.35. The Labute approximate surface area is 114 Å². The molecule has 1 fully saturated rings. The van der Waals surface area contributed by atoms with Crippen LogP contribution in [0.15, 0.2) is 17.1 Å². The Bertz CT molecular complexity index is 472. The Morgan fingerprint density at radius 1 is 1.47 bits per heavy atom. The zero-order valence-corrected chi connectivity index (χ0v) is 12.0. The lowest BCUT2D eigenvalue weighted by molar-refractivity contribution is -0.00835. The van der Waals surface area contributed by atoms with Gasteiger partial charge in [-0.25, -0.2) is 4.68 Å².